The van der Waals surface area contributed by atoms with Crippen molar-refractivity contribution in [3.63, 3.8) is 0 Å². The van der Waals surface area contributed by atoms with Crippen molar-refractivity contribution >= 4 is 45.9 Å². The van der Waals surface area contributed by atoms with Crippen molar-refractivity contribution in [1.29, 1.82) is 0 Å². The number of rotatable bonds is 4. The van der Waals surface area contributed by atoms with Gasteiger partial charge in [-0.2, -0.15) is 4.98 Å². The predicted octanol–water partition coefficient (Wildman–Crippen LogP) is 5.35. The van der Waals surface area contributed by atoms with E-state index in [1.54, 1.807) is 4.57 Å². The van der Waals surface area contributed by atoms with Crippen LogP contribution in [0.15, 0.2) is 76.7 Å². The molecule has 1 aliphatic heterocycles. The maximum atomic E-state index is 13.2. The van der Waals surface area contributed by atoms with Crippen LogP contribution in [-0.4, -0.2) is 15.5 Å². The first-order valence-electron chi connectivity index (χ1n) is 10.3. The zero-order chi connectivity index (χ0) is 22.2. The normalized spacial score (nSPS) is 15.4. The van der Waals surface area contributed by atoms with Gasteiger partial charge in [-0.3, -0.25) is 9.59 Å². The van der Waals surface area contributed by atoms with Crippen molar-refractivity contribution in [2.45, 2.75) is 23.2 Å². The van der Waals surface area contributed by atoms with Gasteiger partial charge in [0.1, 0.15) is 5.82 Å². The van der Waals surface area contributed by atoms with E-state index in [1.165, 1.54) is 11.8 Å². The number of aromatic nitrogens is 2. The molecule has 160 valence electrons. The van der Waals surface area contributed by atoms with Crippen molar-refractivity contribution in [2.75, 3.05) is 5.32 Å². The van der Waals surface area contributed by atoms with Gasteiger partial charge < -0.3 is 9.88 Å². The molecule has 1 atom stereocenters. The number of benzene rings is 3. The SMILES string of the molecule is Cn1c(SCc2ccccc2Cl)nc(=O)c2c1NC(=O)CC2c1ccc2ccccc2c1. The van der Waals surface area contributed by atoms with E-state index in [1.807, 2.05) is 67.7 Å². The first-order chi connectivity index (χ1) is 15.5. The van der Waals surface area contributed by atoms with Crippen LogP contribution < -0.4 is 10.9 Å². The summed E-state index contributed by atoms with van der Waals surface area (Å²) in [6, 6.07) is 21.7. The summed E-state index contributed by atoms with van der Waals surface area (Å²) in [5, 5.41) is 6.31. The lowest BCUT2D eigenvalue weighted by molar-refractivity contribution is -0.116. The van der Waals surface area contributed by atoms with Gasteiger partial charge in [0.2, 0.25) is 5.91 Å². The smallest absolute Gasteiger partial charge is 0.279 e. The number of nitrogens with one attached hydrogen (secondary N) is 1. The number of carbonyl (C=O) groups is 1. The fourth-order valence-electron chi connectivity index (χ4n) is 4.13. The molecule has 4 aromatic rings. The lowest BCUT2D eigenvalue weighted by Gasteiger charge is -2.27. The van der Waals surface area contributed by atoms with Gasteiger partial charge in [0.25, 0.3) is 5.56 Å². The van der Waals surface area contributed by atoms with Gasteiger partial charge in [-0.05, 0) is 28.0 Å². The quantitative estimate of drug-likeness (QED) is 0.328. The van der Waals surface area contributed by atoms with Crippen LogP contribution in [0.2, 0.25) is 5.02 Å². The third-order valence-corrected chi connectivity index (χ3v) is 7.24. The van der Waals surface area contributed by atoms with E-state index in [-0.39, 0.29) is 23.8 Å². The molecule has 1 N–H and O–H groups in total. The van der Waals surface area contributed by atoms with Gasteiger partial charge in [0.05, 0.1) is 5.56 Å². The second-order valence-electron chi connectivity index (χ2n) is 7.81. The minimum atomic E-state index is -0.336. The summed E-state index contributed by atoms with van der Waals surface area (Å²) >= 11 is 7.68. The summed E-state index contributed by atoms with van der Waals surface area (Å²) in [4.78, 5) is 30.1. The summed E-state index contributed by atoms with van der Waals surface area (Å²) in [5.74, 6) is 0.637. The van der Waals surface area contributed by atoms with Gasteiger partial charge in [-0.25, -0.2) is 0 Å². The van der Waals surface area contributed by atoms with Crippen molar-refractivity contribution in [3.05, 3.63) is 98.8 Å². The zero-order valence-corrected chi connectivity index (χ0v) is 18.9. The Morgan fingerprint density at radius 2 is 1.81 bits per heavy atom. The molecule has 0 bridgehead atoms. The summed E-state index contributed by atoms with van der Waals surface area (Å²) in [5.41, 5.74) is 2.13. The number of carbonyl (C=O) groups excluding carboxylic acids is 1. The number of halogens is 1. The molecule has 5 nitrogen and oxygen atoms in total. The Morgan fingerprint density at radius 3 is 2.62 bits per heavy atom. The highest BCUT2D eigenvalue weighted by atomic mass is 35.5. The highest BCUT2D eigenvalue weighted by molar-refractivity contribution is 7.98. The van der Waals surface area contributed by atoms with Gasteiger partial charge in [-0.1, -0.05) is 84.0 Å². The fraction of sp³-hybridized carbons (Fsp3) is 0.160. The molecule has 0 saturated heterocycles. The zero-order valence-electron chi connectivity index (χ0n) is 17.3. The van der Waals surface area contributed by atoms with Crippen LogP contribution >= 0.6 is 23.4 Å². The molecule has 2 heterocycles. The molecular formula is C25H20ClN3O2S. The van der Waals surface area contributed by atoms with E-state index in [4.69, 9.17) is 11.6 Å². The Kier molecular flexibility index (Phi) is 5.49. The molecule has 5 rings (SSSR count). The molecule has 32 heavy (non-hydrogen) atoms. The highest BCUT2D eigenvalue weighted by Gasteiger charge is 2.32. The Hall–Kier alpha value is -3.09. The van der Waals surface area contributed by atoms with Gasteiger partial charge >= 0.3 is 0 Å². The molecule has 0 spiro atoms. The fourth-order valence-corrected chi connectivity index (χ4v) is 5.38. The summed E-state index contributed by atoms with van der Waals surface area (Å²) in [6.07, 6.45) is 0.217. The van der Waals surface area contributed by atoms with Crippen molar-refractivity contribution in [2.24, 2.45) is 7.05 Å². The number of thioether (sulfide) groups is 1. The van der Waals surface area contributed by atoms with Crippen LogP contribution in [0.1, 0.15) is 29.0 Å². The third-order valence-electron chi connectivity index (χ3n) is 5.79. The number of anilines is 1. The molecular weight excluding hydrogens is 442 g/mol. The van der Waals surface area contributed by atoms with E-state index >= 15 is 0 Å². The minimum Gasteiger partial charge on any atom is -0.312 e. The van der Waals surface area contributed by atoms with Crippen molar-refractivity contribution in [1.82, 2.24) is 9.55 Å². The molecule has 0 fully saturated rings. The predicted molar refractivity (Wildman–Crippen MR) is 130 cm³/mol. The maximum Gasteiger partial charge on any atom is 0.279 e. The van der Waals surface area contributed by atoms with E-state index < -0.39 is 0 Å². The highest BCUT2D eigenvalue weighted by Crippen LogP contribution is 2.37. The Balaban J connectivity index is 1.55. The van der Waals surface area contributed by atoms with Crippen LogP contribution in [0.3, 0.4) is 0 Å². The average molecular weight is 462 g/mol. The Bertz CT molecular complexity index is 1420. The first-order valence-corrected chi connectivity index (χ1v) is 11.6. The van der Waals surface area contributed by atoms with Gasteiger partial charge in [-0.15, -0.1) is 0 Å². The van der Waals surface area contributed by atoms with Crippen LogP contribution in [0, 0.1) is 0 Å². The summed E-state index contributed by atoms with van der Waals surface area (Å²) in [6.45, 7) is 0. The van der Waals surface area contributed by atoms with Crippen molar-refractivity contribution < 1.29 is 4.79 Å². The van der Waals surface area contributed by atoms with Crippen LogP contribution in [0.25, 0.3) is 10.8 Å². The summed E-state index contributed by atoms with van der Waals surface area (Å²) < 4.78 is 1.79. The third kappa shape index (κ3) is 3.80. The topological polar surface area (TPSA) is 64.0 Å². The average Bonchev–Trinajstić information content (AvgIpc) is 2.80. The molecule has 1 aliphatic rings. The number of hydrogen-bond acceptors (Lipinski definition) is 4. The molecule has 1 unspecified atom stereocenters. The molecule has 1 aromatic heterocycles. The van der Waals surface area contributed by atoms with Gasteiger partial charge in [0, 0.05) is 30.2 Å². The van der Waals surface area contributed by atoms with Crippen LogP contribution in [0.5, 0.6) is 0 Å². The monoisotopic (exact) mass is 461 g/mol. The lowest BCUT2D eigenvalue weighted by atomic mass is 9.86. The molecule has 7 heteroatoms. The number of nitrogens with zero attached hydrogens (tertiary/aromatic N) is 2. The van der Waals surface area contributed by atoms with Crippen LogP contribution in [0.4, 0.5) is 5.82 Å². The van der Waals surface area contributed by atoms with E-state index in [9.17, 15) is 9.59 Å². The van der Waals surface area contributed by atoms with E-state index in [2.05, 4.69) is 16.4 Å². The number of amides is 1. The van der Waals surface area contributed by atoms with Gasteiger partial charge in [0.15, 0.2) is 5.16 Å². The standard InChI is InChI=1S/C25H20ClN3O2S/c1-29-23-22(24(31)28-25(29)32-14-18-8-4-5-9-20(18)26)19(13-21(30)27-23)17-11-10-15-6-2-3-7-16(15)12-17/h2-12,19H,13-14H2,1H3,(H,27,30). The maximum absolute atomic E-state index is 13.2. The lowest BCUT2D eigenvalue weighted by Crippen LogP contribution is -2.33. The number of fused-ring (bicyclic) bond motifs is 2. The Morgan fingerprint density at radius 1 is 1.06 bits per heavy atom. The molecule has 0 saturated carbocycles. The minimum absolute atomic E-state index is 0.112. The van der Waals surface area contributed by atoms with E-state index in [0.29, 0.717) is 27.3 Å². The first kappa shape index (κ1) is 20.8. The molecule has 3 aromatic carbocycles. The van der Waals surface area contributed by atoms with Crippen LogP contribution in [-0.2, 0) is 17.6 Å². The van der Waals surface area contributed by atoms with E-state index in [0.717, 1.165) is 21.9 Å². The summed E-state index contributed by atoms with van der Waals surface area (Å²) in [7, 11) is 1.82. The second kappa shape index (κ2) is 8.45. The Labute approximate surface area is 194 Å². The molecule has 1 amide bonds. The largest absolute Gasteiger partial charge is 0.312 e. The second-order valence-corrected chi connectivity index (χ2v) is 9.16. The number of hydrogen-bond donors (Lipinski definition) is 1. The molecule has 0 aliphatic carbocycles. The van der Waals surface area contributed by atoms with Crippen molar-refractivity contribution in [3.8, 4) is 0 Å². The molecule has 0 radical (unpaired) electrons.